The topological polar surface area (TPSA) is 23.8 Å². The van der Waals surface area contributed by atoms with Crippen LogP contribution < -0.4 is 35.2 Å². The van der Waals surface area contributed by atoms with Gasteiger partial charge in [0.05, 0.1) is 0 Å². The zero-order valence-corrected chi connectivity index (χ0v) is 23.8. The summed E-state index contributed by atoms with van der Waals surface area (Å²) in [5.41, 5.74) is 6.69. The van der Waals surface area contributed by atoms with Gasteiger partial charge in [-0.1, -0.05) is 57.2 Å². The average Bonchev–Trinajstić information content (AvgIpc) is 3.18. The average molecular weight is 538 g/mol. The first kappa shape index (κ1) is 30.3. The molecule has 0 saturated heterocycles. The van der Waals surface area contributed by atoms with Gasteiger partial charge in [-0.25, -0.2) is 0 Å². The first-order chi connectivity index (χ1) is 15.3. The van der Waals surface area contributed by atoms with E-state index in [0.29, 0.717) is 0 Å². The molecule has 174 valence electrons. The number of benzene rings is 4. The fourth-order valence-corrected chi connectivity index (χ4v) is 6.23. The molecule has 5 aromatic rings. The molecule has 0 aliphatic rings. The molecule has 34 heavy (non-hydrogen) atoms. The molecule has 0 spiro atoms. The molecule has 5 rings (SSSR count). The van der Waals surface area contributed by atoms with Gasteiger partial charge in [-0.2, -0.15) is 0 Å². The maximum atomic E-state index is 6.94. The van der Waals surface area contributed by atoms with E-state index in [1.165, 1.54) is 31.9 Å². The molecule has 1 N–H and O–H groups in total. The first-order valence-electron chi connectivity index (χ1n) is 10.8. The Morgan fingerprint density at radius 2 is 0.882 bits per heavy atom. The van der Waals surface area contributed by atoms with Crippen molar-refractivity contribution in [3.63, 3.8) is 0 Å². The molecule has 0 bridgehead atoms. The van der Waals surface area contributed by atoms with Crippen molar-refractivity contribution in [1.82, 2.24) is 0 Å². The van der Waals surface area contributed by atoms with Crippen molar-refractivity contribution in [3.8, 4) is 0 Å². The molecule has 0 atom stereocenters. The Labute approximate surface area is 228 Å². The molecular weight excluding hydrogens is 509 g/mol. The predicted molar refractivity (Wildman–Crippen MR) is 139 cm³/mol. The minimum absolute atomic E-state index is 0. The molecule has 0 fully saturated rings. The monoisotopic (exact) mass is 537 g/mol. The summed E-state index contributed by atoms with van der Waals surface area (Å²) in [4.78, 5) is 0. The quantitative estimate of drug-likeness (QED) is 0.236. The van der Waals surface area contributed by atoms with Crippen LogP contribution in [-0.2, 0) is 19.2 Å². The summed E-state index contributed by atoms with van der Waals surface area (Å²) in [5.74, 6) is 0. The van der Waals surface area contributed by atoms with Gasteiger partial charge in [-0.15, -0.1) is 45.3 Å². The minimum atomic E-state index is -0.545. The summed E-state index contributed by atoms with van der Waals surface area (Å²) in [5, 5.41) is 8.34. The van der Waals surface area contributed by atoms with Crippen LogP contribution >= 0.6 is 0 Å². The van der Waals surface area contributed by atoms with Gasteiger partial charge in [0.1, 0.15) is 0 Å². The van der Waals surface area contributed by atoms with E-state index >= 15 is 0 Å². The molecule has 5 aromatic carbocycles. The molecule has 0 radical (unpaired) electrons. The first-order valence-corrected chi connectivity index (χ1v) is 14.6. The molecule has 5 heteroatoms. The number of nitrogens with one attached hydrogen (secondary N) is 1. The van der Waals surface area contributed by atoms with Crippen LogP contribution in [0.5, 0.6) is 0 Å². The van der Waals surface area contributed by atoms with Crippen LogP contribution in [0.25, 0.3) is 27.3 Å². The maximum Gasteiger partial charge on any atom is -0.0771 e. The standard InChI is InChI=1S/C13H9.C12H10Si.C4H10N.2ClH.Ti/c1-3-7-12-10(5-1)9-11-6-2-4-8-13(11)12;1-3-7-11(8-4-1)13-12-9-5-2-6-10-12;1-4(2,3)5;;;/h1-9H;1-10H;5H,1-3H3;2*1H;/q-1;;-1;;;+2/p-2. The van der Waals surface area contributed by atoms with Gasteiger partial charge in [0.2, 0.25) is 0 Å². The van der Waals surface area contributed by atoms with Gasteiger partial charge in [0.15, 0.2) is 0 Å². The minimum Gasteiger partial charge on any atom is -0.126 e. The molecule has 0 aliphatic carbocycles. The van der Waals surface area contributed by atoms with Crippen molar-refractivity contribution in [1.29, 1.82) is 0 Å². The zero-order valence-electron chi connectivity index (χ0n) is 19.7. The molecule has 0 amide bonds. The van der Waals surface area contributed by atoms with Gasteiger partial charge in [-0.3, -0.25) is 0 Å². The van der Waals surface area contributed by atoms with Gasteiger partial charge < -0.3 is 30.5 Å². The van der Waals surface area contributed by atoms with E-state index in [9.17, 15) is 0 Å². The van der Waals surface area contributed by atoms with E-state index in [-0.39, 0.29) is 30.4 Å². The van der Waals surface area contributed by atoms with Crippen LogP contribution in [0.4, 0.5) is 0 Å². The van der Waals surface area contributed by atoms with Crippen LogP contribution in [0, 0.1) is 0 Å². The summed E-state index contributed by atoms with van der Waals surface area (Å²) < 4.78 is 0. The summed E-state index contributed by atoms with van der Waals surface area (Å²) in [6.07, 6.45) is -0.545. The summed E-state index contributed by atoms with van der Waals surface area (Å²) >= 11 is 2.34. The van der Waals surface area contributed by atoms with Gasteiger partial charge in [-0.05, 0) is 0 Å². The zero-order chi connectivity index (χ0) is 23.0. The SMILES string of the molecule is CC(C)(C)[NH-].[Cl-].[Cl-].[Ti+2]=[Si](c1ccccc1)c1ccccc1.c1ccc2c(c1)[cH-]c1ccccc12. The predicted octanol–water partition coefficient (Wildman–Crippen LogP) is 0.896. The number of hydrogen-bond donors (Lipinski definition) is 0. The maximum absolute atomic E-state index is 6.94. The second-order valence-corrected chi connectivity index (χ2v) is 12.9. The fourth-order valence-electron chi connectivity index (χ4n) is 3.28. The molecule has 1 nitrogen and oxygen atoms in total. The van der Waals surface area contributed by atoms with Crippen molar-refractivity contribution in [3.05, 3.63) is 121 Å². The number of hydrogen-bond acceptors (Lipinski definition) is 0. The Kier molecular flexibility index (Phi) is 13.0. The fraction of sp³-hybridized carbons (Fsp3) is 0.138. The summed E-state index contributed by atoms with van der Waals surface area (Å²) in [6, 6.07) is 40.8. The van der Waals surface area contributed by atoms with E-state index in [0.717, 1.165) is 0 Å². The second-order valence-electron chi connectivity index (χ2n) is 8.68. The Bertz CT molecular complexity index is 1180. The molecule has 0 aromatic heterocycles. The van der Waals surface area contributed by atoms with Crippen LogP contribution in [0.1, 0.15) is 20.8 Å². The van der Waals surface area contributed by atoms with Gasteiger partial charge >= 0.3 is 96.4 Å². The smallest absolute Gasteiger partial charge is 0.0771 e. The van der Waals surface area contributed by atoms with Crippen LogP contribution in [0.15, 0.2) is 115 Å². The number of halogens is 2. The Hall–Kier alpha value is -1.78. The van der Waals surface area contributed by atoms with Crippen molar-refractivity contribution < 1.29 is 44.0 Å². The summed E-state index contributed by atoms with van der Waals surface area (Å²) in [7, 11) is 0. The van der Waals surface area contributed by atoms with Crippen molar-refractivity contribution in [2.24, 2.45) is 0 Å². The van der Waals surface area contributed by atoms with Crippen LogP contribution in [0.2, 0.25) is 0 Å². The normalized spacial score (nSPS) is 10.1. The Balaban J connectivity index is 0.000000272. The van der Waals surface area contributed by atoms with Gasteiger partial charge in [0.25, 0.3) is 0 Å². The third kappa shape index (κ3) is 9.46. The number of rotatable bonds is 2. The Morgan fingerprint density at radius 3 is 1.24 bits per heavy atom. The van der Waals surface area contributed by atoms with Crippen molar-refractivity contribution in [2.75, 3.05) is 0 Å². The van der Waals surface area contributed by atoms with Crippen LogP contribution in [0.3, 0.4) is 0 Å². The molecule has 0 unspecified atom stereocenters. The second kappa shape index (κ2) is 14.6. The van der Waals surface area contributed by atoms with E-state index in [4.69, 9.17) is 5.73 Å². The van der Waals surface area contributed by atoms with E-state index in [1.54, 1.807) is 0 Å². The van der Waals surface area contributed by atoms with Crippen LogP contribution in [-0.4, -0.2) is 11.7 Å². The largest absolute Gasteiger partial charge is 0.126 e. The summed E-state index contributed by atoms with van der Waals surface area (Å²) in [6.45, 7) is 5.56. The van der Waals surface area contributed by atoms with E-state index < -0.39 is 6.19 Å². The molecule has 0 saturated carbocycles. The molecule has 0 aliphatic heterocycles. The van der Waals surface area contributed by atoms with Crippen molar-refractivity contribution in [2.45, 2.75) is 26.3 Å². The molecular formula is C29H29Cl2NSiTi-2. The Morgan fingerprint density at radius 1 is 0.588 bits per heavy atom. The third-order valence-corrected chi connectivity index (χ3v) is 9.17. The third-order valence-electron chi connectivity index (χ3n) is 4.65. The van der Waals surface area contributed by atoms with Crippen molar-refractivity contribution >= 4 is 38.1 Å². The van der Waals surface area contributed by atoms with E-state index in [2.05, 4.69) is 134 Å². The van der Waals surface area contributed by atoms with Gasteiger partial charge in [0, 0.05) is 0 Å². The number of fused-ring (bicyclic) bond motifs is 3. The van der Waals surface area contributed by atoms with E-state index in [1.807, 2.05) is 20.8 Å². The molecule has 0 heterocycles.